The smallest absolute Gasteiger partial charge is 0.349 e. The number of aryl methyl sites for hydroxylation is 1. The maximum Gasteiger partial charge on any atom is 0.349 e. The van der Waals surface area contributed by atoms with E-state index in [0.717, 1.165) is 5.56 Å². The Kier molecular flexibility index (Phi) is 5.28. The predicted octanol–water partition coefficient (Wildman–Crippen LogP) is 3.94. The van der Waals surface area contributed by atoms with Crippen LogP contribution in [0, 0.1) is 6.92 Å². The lowest BCUT2D eigenvalue weighted by molar-refractivity contribution is 0.0479. The molecule has 1 aromatic carbocycles. The van der Waals surface area contributed by atoms with E-state index in [1.807, 2.05) is 13.0 Å². The van der Waals surface area contributed by atoms with Gasteiger partial charge >= 0.3 is 5.97 Å². The second-order valence-electron chi connectivity index (χ2n) is 5.44. The molecular weight excluding hydrogens is 354 g/mol. The summed E-state index contributed by atoms with van der Waals surface area (Å²) >= 11 is 1.28. The topological polar surface area (TPSA) is 85.6 Å². The Hall–Kier alpha value is -3.19. The van der Waals surface area contributed by atoms with Gasteiger partial charge in [-0.25, -0.2) is 4.79 Å². The second-order valence-corrected chi connectivity index (χ2v) is 6.36. The van der Waals surface area contributed by atoms with Gasteiger partial charge in [-0.15, -0.1) is 11.3 Å². The number of hydrogen-bond acceptors (Lipinski definition) is 6. The van der Waals surface area contributed by atoms with Gasteiger partial charge in [0, 0.05) is 11.3 Å². The van der Waals surface area contributed by atoms with Crippen LogP contribution in [0.25, 0.3) is 0 Å². The van der Waals surface area contributed by atoms with Gasteiger partial charge in [-0.3, -0.25) is 9.59 Å². The van der Waals surface area contributed by atoms with E-state index >= 15 is 0 Å². The number of anilines is 1. The van der Waals surface area contributed by atoms with Gasteiger partial charge in [-0.05, 0) is 60.3 Å². The molecule has 0 aliphatic heterocycles. The van der Waals surface area contributed by atoms with Crippen LogP contribution in [0.2, 0.25) is 0 Å². The molecule has 132 valence electrons. The molecule has 26 heavy (non-hydrogen) atoms. The first-order valence-corrected chi connectivity index (χ1v) is 8.62. The summed E-state index contributed by atoms with van der Waals surface area (Å²) in [5, 5.41) is 4.45. The molecule has 3 rings (SSSR count). The summed E-state index contributed by atoms with van der Waals surface area (Å²) in [4.78, 5) is 36.5. The number of ketones is 1. The highest BCUT2D eigenvalue weighted by Gasteiger charge is 2.15. The molecule has 0 aliphatic carbocycles. The summed E-state index contributed by atoms with van der Waals surface area (Å²) in [7, 11) is 0. The SMILES string of the molecule is Cc1ccsc1C(=O)OCC(=O)c1ccc(NC(=O)c2ccco2)cc1. The Labute approximate surface area is 153 Å². The number of esters is 1. The molecule has 1 N–H and O–H groups in total. The lowest BCUT2D eigenvalue weighted by atomic mass is 10.1. The molecule has 0 atom stereocenters. The molecule has 1 amide bonds. The first-order valence-electron chi connectivity index (χ1n) is 7.74. The van der Waals surface area contributed by atoms with Gasteiger partial charge in [0.25, 0.3) is 5.91 Å². The van der Waals surface area contributed by atoms with Crippen molar-refractivity contribution in [1.82, 2.24) is 0 Å². The van der Waals surface area contributed by atoms with Crippen molar-refractivity contribution in [2.75, 3.05) is 11.9 Å². The Morgan fingerprint density at radius 3 is 2.50 bits per heavy atom. The number of carbonyl (C=O) groups excluding carboxylic acids is 3. The van der Waals surface area contributed by atoms with Crippen LogP contribution < -0.4 is 5.32 Å². The van der Waals surface area contributed by atoms with E-state index in [9.17, 15) is 14.4 Å². The number of hydrogen-bond donors (Lipinski definition) is 1. The zero-order valence-corrected chi connectivity index (χ0v) is 14.7. The maximum atomic E-state index is 12.1. The predicted molar refractivity (Wildman–Crippen MR) is 96.8 cm³/mol. The lowest BCUT2D eigenvalue weighted by Crippen LogP contribution is -2.14. The molecular formula is C19H15NO5S. The number of rotatable bonds is 6. The minimum Gasteiger partial charge on any atom is -0.459 e. The summed E-state index contributed by atoms with van der Waals surface area (Å²) in [5.41, 5.74) is 1.73. The first-order chi connectivity index (χ1) is 12.5. The van der Waals surface area contributed by atoms with Crippen LogP contribution >= 0.6 is 11.3 Å². The fourth-order valence-electron chi connectivity index (χ4n) is 2.20. The van der Waals surface area contributed by atoms with Crippen LogP contribution in [-0.4, -0.2) is 24.3 Å². The Bertz CT molecular complexity index is 925. The average Bonchev–Trinajstić information content (AvgIpc) is 3.31. The minimum absolute atomic E-state index is 0.195. The zero-order chi connectivity index (χ0) is 18.5. The number of benzene rings is 1. The third kappa shape index (κ3) is 4.07. The highest BCUT2D eigenvalue weighted by atomic mass is 32.1. The first kappa shape index (κ1) is 17.6. The summed E-state index contributed by atoms with van der Waals surface area (Å²) in [6, 6.07) is 11.3. The van der Waals surface area contributed by atoms with Gasteiger partial charge in [-0.2, -0.15) is 0 Å². The molecule has 3 aromatic rings. The number of Topliss-reactive ketones (excluding diaryl/α,β-unsaturated/α-hetero) is 1. The number of thiophene rings is 1. The summed E-state index contributed by atoms with van der Waals surface area (Å²) < 4.78 is 10.1. The Balaban J connectivity index is 1.56. The molecule has 6 nitrogen and oxygen atoms in total. The quantitative estimate of drug-likeness (QED) is 0.525. The molecule has 0 fully saturated rings. The highest BCUT2D eigenvalue weighted by Crippen LogP contribution is 2.17. The molecule has 0 saturated heterocycles. The van der Waals surface area contributed by atoms with Crippen molar-refractivity contribution in [1.29, 1.82) is 0 Å². The van der Waals surface area contributed by atoms with Crippen LogP contribution in [0.1, 0.15) is 36.1 Å². The van der Waals surface area contributed by atoms with Crippen LogP contribution in [0.4, 0.5) is 5.69 Å². The van der Waals surface area contributed by atoms with Crippen molar-refractivity contribution in [3.8, 4) is 0 Å². The van der Waals surface area contributed by atoms with Crippen molar-refractivity contribution < 1.29 is 23.5 Å². The van der Waals surface area contributed by atoms with Gasteiger partial charge in [0.15, 0.2) is 18.2 Å². The average molecular weight is 369 g/mol. The summed E-state index contributed by atoms with van der Waals surface area (Å²) in [5.74, 6) is -1.01. The van der Waals surface area contributed by atoms with Crippen LogP contribution in [0.3, 0.4) is 0 Å². The number of ether oxygens (including phenoxy) is 1. The molecule has 7 heteroatoms. The van der Waals surface area contributed by atoms with E-state index in [1.165, 1.54) is 17.6 Å². The molecule has 0 radical (unpaired) electrons. The van der Waals surface area contributed by atoms with Crippen molar-refractivity contribution in [2.24, 2.45) is 0 Å². The van der Waals surface area contributed by atoms with Gasteiger partial charge < -0.3 is 14.5 Å². The number of amides is 1. The van der Waals surface area contributed by atoms with Crippen molar-refractivity contribution in [3.63, 3.8) is 0 Å². The standard InChI is InChI=1S/C19H15NO5S/c1-12-8-10-26-17(12)19(23)25-11-15(21)13-4-6-14(7-5-13)20-18(22)16-3-2-9-24-16/h2-10H,11H2,1H3,(H,20,22). The molecule has 0 unspecified atom stereocenters. The van der Waals surface area contributed by atoms with Crippen molar-refractivity contribution in [2.45, 2.75) is 6.92 Å². The van der Waals surface area contributed by atoms with Gasteiger partial charge in [0.1, 0.15) is 4.88 Å². The molecule has 2 heterocycles. The summed E-state index contributed by atoms with van der Waals surface area (Å²) in [6.45, 7) is 1.47. The van der Waals surface area contributed by atoms with Gasteiger partial charge in [0.2, 0.25) is 0 Å². The zero-order valence-electron chi connectivity index (χ0n) is 13.9. The Morgan fingerprint density at radius 2 is 1.88 bits per heavy atom. The molecule has 0 bridgehead atoms. The fraction of sp³-hybridized carbons (Fsp3) is 0.105. The van der Waals surface area contributed by atoms with Crippen molar-refractivity contribution in [3.05, 3.63) is 75.9 Å². The fourth-order valence-corrected chi connectivity index (χ4v) is 3.02. The van der Waals surface area contributed by atoms with Crippen LogP contribution in [0.5, 0.6) is 0 Å². The largest absolute Gasteiger partial charge is 0.459 e. The van der Waals surface area contributed by atoms with E-state index in [4.69, 9.17) is 9.15 Å². The second kappa shape index (κ2) is 7.79. The third-order valence-corrected chi connectivity index (χ3v) is 4.59. The molecule has 0 spiro atoms. The number of nitrogens with one attached hydrogen (secondary N) is 1. The lowest BCUT2D eigenvalue weighted by Gasteiger charge is -2.06. The molecule has 0 aliphatic rings. The Morgan fingerprint density at radius 1 is 1.12 bits per heavy atom. The van der Waals surface area contributed by atoms with E-state index < -0.39 is 5.97 Å². The molecule has 0 saturated carbocycles. The van der Waals surface area contributed by atoms with E-state index in [2.05, 4.69) is 5.32 Å². The van der Waals surface area contributed by atoms with Gasteiger partial charge in [0.05, 0.1) is 6.26 Å². The molecule has 2 aromatic heterocycles. The van der Waals surface area contributed by atoms with E-state index in [-0.39, 0.29) is 24.1 Å². The van der Waals surface area contributed by atoms with Crippen LogP contribution in [-0.2, 0) is 4.74 Å². The maximum absolute atomic E-state index is 12.1. The third-order valence-electron chi connectivity index (χ3n) is 3.59. The van der Waals surface area contributed by atoms with E-state index in [0.29, 0.717) is 16.1 Å². The van der Waals surface area contributed by atoms with E-state index in [1.54, 1.807) is 41.8 Å². The number of furan rings is 1. The van der Waals surface area contributed by atoms with Crippen LogP contribution in [0.15, 0.2) is 58.5 Å². The number of carbonyl (C=O) groups is 3. The van der Waals surface area contributed by atoms with Gasteiger partial charge in [-0.1, -0.05) is 0 Å². The normalized spacial score (nSPS) is 10.3. The monoisotopic (exact) mass is 369 g/mol. The summed E-state index contributed by atoms with van der Waals surface area (Å²) in [6.07, 6.45) is 1.41. The highest BCUT2D eigenvalue weighted by molar-refractivity contribution is 7.12. The minimum atomic E-state index is -0.506. The van der Waals surface area contributed by atoms with Crippen molar-refractivity contribution >= 4 is 34.7 Å².